The summed E-state index contributed by atoms with van der Waals surface area (Å²) >= 11 is 1.80. The van der Waals surface area contributed by atoms with E-state index in [2.05, 4.69) is 408 Å². The molecule has 1 unspecified atom stereocenters. The van der Waals surface area contributed by atoms with Crippen LogP contribution >= 0.6 is 11.3 Å². The molecule has 702 valence electrons. The van der Waals surface area contributed by atoms with Crippen LogP contribution in [0.5, 0.6) is 0 Å². The van der Waals surface area contributed by atoms with Crippen LogP contribution in [0.25, 0.3) is 249 Å². The summed E-state index contributed by atoms with van der Waals surface area (Å²) < 4.78 is 16.2. The first-order valence-electron chi connectivity index (χ1n) is 50.4. The molecule has 1 aliphatic rings. The lowest BCUT2D eigenvalue weighted by Crippen LogP contribution is -2.31. The van der Waals surface area contributed by atoms with E-state index < -0.39 is 5.41 Å². The molecule has 14 heteroatoms. The molecule has 13 nitrogen and oxygen atoms in total. The van der Waals surface area contributed by atoms with Crippen molar-refractivity contribution in [1.82, 2.24) is 58.6 Å². The average molecular weight is 1940 g/mol. The van der Waals surface area contributed by atoms with Gasteiger partial charge in [-0.15, -0.1) is 11.3 Å². The Labute approximate surface area is 866 Å². The van der Waals surface area contributed by atoms with Crippen molar-refractivity contribution in [3.8, 4) is 142 Å². The Balaban J connectivity index is 0.000000108. The molecular formula is C136H86N12OS. The number of para-hydroxylation sites is 6. The van der Waals surface area contributed by atoms with E-state index in [-0.39, 0.29) is 0 Å². The maximum absolute atomic E-state index is 6.54. The highest BCUT2D eigenvalue weighted by Gasteiger charge is 2.49. The number of rotatable bonds is 15. The molecule has 0 N–H and O–H groups in total. The van der Waals surface area contributed by atoms with Gasteiger partial charge in [-0.25, -0.2) is 44.9 Å². The molecule has 0 radical (unpaired) electrons. The Morgan fingerprint density at radius 2 is 0.540 bits per heavy atom. The van der Waals surface area contributed by atoms with Crippen molar-refractivity contribution in [3.63, 3.8) is 0 Å². The van der Waals surface area contributed by atoms with Gasteiger partial charge in [0, 0.05) is 130 Å². The molecule has 0 fully saturated rings. The minimum Gasteiger partial charge on any atom is -0.455 e. The summed E-state index contributed by atoms with van der Waals surface area (Å²) in [5, 5.41) is 11.9. The van der Waals surface area contributed by atoms with Gasteiger partial charge in [0.15, 0.2) is 52.4 Å². The first-order valence-corrected chi connectivity index (χ1v) is 51.2. The summed E-state index contributed by atoms with van der Waals surface area (Å²) in [5.74, 6) is 5.84. The number of aromatic nitrogens is 12. The molecule has 1 atom stereocenters. The van der Waals surface area contributed by atoms with Gasteiger partial charge in [0.2, 0.25) is 0 Å². The first kappa shape index (κ1) is 87.8. The molecule has 0 amide bonds. The van der Waals surface area contributed by atoms with Gasteiger partial charge in [0.25, 0.3) is 0 Å². The van der Waals surface area contributed by atoms with Crippen molar-refractivity contribution < 1.29 is 4.42 Å². The van der Waals surface area contributed by atoms with Crippen molar-refractivity contribution in [2.75, 3.05) is 0 Å². The van der Waals surface area contributed by atoms with Crippen LogP contribution in [-0.4, -0.2) is 58.6 Å². The molecule has 29 aromatic rings. The monoisotopic (exact) mass is 1930 g/mol. The van der Waals surface area contributed by atoms with Crippen molar-refractivity contribution in [2.24, 2.45) is 0 Å². The fourth-order valence-corrected chi connectivity index (χ4v) is 23.3. The summed E-state index contributed by atoms with van der Waals surface area (Å²) in [5.41, 5.74) is 28.9. The van der Waals surface area contributed by atoms with E-state index >= 15 is 0 Å². The zero-order valence-electron chi connectivity index (χ0n) is 80.8. The van der Waals surface area contributed by atoms with Gasteiger partial charge in [-0.3, -0.25) is 0 Å². The molecule has 21 aromatic carbocycles. The Kier molecular flexibility index (Phi) is 21.7. The topological polar surface area (TPSA) is 144 Å². The van der Waals surface area contributed by atoms with Crippen molar-refractivity contribution >= 4 is 119 Å². The largest absolute Gasteiger partial charge is 0.455 e. The molecule has 0 saturated heterocycles. The van der Waals surface area contributed by atoms with Crippen LogP contribution in [0, 0.1) is 0 Å². The third-order valence-electron chi connectivity index (χ3n) is 29.0. The zero-order valence-corrected chi connectivity index (χ0v) is 81.7. The Morgan fingerprint density at radius 1 is 0.187 bits per heavy atom. The van der Waals surface area contributed by atoms with Gasteiger partial charge >= 0.3 is 0 Å². The third-order valence-corrected chi connectivity index (χ3v) is 30.1. The Bertz CT molecular complexity index is 10200. The molecule has 8 heterocycles. The van der Waals surface area contributed by atoms with E-state index in [1.165, 1.54) is 74.8 Å². The number of furan rings is 1. The second-order valence-electron chi connectivity index (χ2n) is 37.7. The van der Waals surface area contributed by atoms with Gasteiger partial charge in [0.05, 0.1) is 33.1 Å². The van der Waals surface area contributed by atoms with Crippen molar-refractivity contribution in [1.29, 1.82) is 0 Å². The lowest BCUT2D eigenvalue weighted by atomic mass is 9.71. The quantitative estimate of drug-likeness (QED) is 0.0973. The summed E-state index contributed by atoms with van der Waals surface area (Å²) in [7, 11) is 0. The van der Waals surface area contributed by atoms with Crippen molar-refractivity contribution in [2.45, 2.75) is 5.41 Å². The lowest BCUT2D eigenvalue weighted by molar-refractivity contribution is 0.670. The van der Waals surface area contributed by atoms with E-state index in [0.29, 0.717) is 52.4 Å². The molecule has 30 rings (SSSR count). The molecule has 150 heavy (non-hydrogen) atoms. The highest BCUT2D eigenvalue weighted by molar-refractivity contribution is 7.25. The number of nitrogens with zero attached hydrogens (tertiary/aromatic N) is 12. The Morgan fingerprint density at radius 3 is 1.11 bits per heavy atom. The fraction of sp³-hybridized carbons (Fsp3) is 0.00735. The maximum atomic E-state index is 6.54. The van der Waals surface area contributed by atoms with Gasteiger partial charge in [-0.05, 0) is 142 Å². The summed E-state index contributed by atoms with van der Waals surface area (Å²) in [4.78, 5) is 46.1. The minimum absolute atomic E-state index is 0.629. The molecule has 0 saturated carbocycles. The molecule has 1 aliphatic carbocycles. The Hall–Kier alpha value is -19.9. The van der Waals surface area contributed by atoms with E-state index in [0.717, 1.165) is 144 Å². The number of benzene rings is 21. The molecule has 0 spiro atoms. The predicted octanol–water partition coefficient (Wildman–Crippen LogP) is 34.2. The highest BCUT2D eigenvalue weighted by Crippen LogP contribution is 2.57. The highest BCUT2D eigenvalue weighted by atomic mass is 32.1. The molecular weight excluding hydrogens is 1850 g/mol. The van der Waals surface area contributed by atoms with E-state index in [1.807, 2.05) is 127 Å². The van der Waals surface area contributed by atoms with Crippen LogP contribution in [0.4, 0.5) is 0 Å². The number of fused-ring (bicyclic) bond motifs is 19. The smallest absolute Gasteiger partial charge is 0.164 e. The lowest BCUT2D eigenvalue weighted by Gasteiger charge is -2.32. The molecule has 0 bridgehead atoms. The zero-order chi connectivity index (χ0) is 99.1. The third kappa shape index (κ3) is 15.3. The van der Waals surface area contributed by atoms with E-state index in [4.69, 9.17) is 49.3 Å². The van der Waals surface area contributed by atoms with Gasteiger partial charge in [0.1, 0.15) is 16.6 Å². The fourth-order valence-electron chi connectivity index (χ4n) is 22.2. The number of thiophene rings is 1. The SMILES string of the molecule is c1ccc(-c2cccc(-n3c4ccccc4c4cc(-c5nc(-c6ccccc6)nc(-c6ccc7c(c6)sc6ccccc67)n5)ccc43)c2)cc1.c1ccc(-c2nc(-c3ccccc3)nc(-c3cccc(-n4c5ccccc5c5ccc6c7ccccc7n(-c7ccccc7)c6c54)c3)n2)cc1.c1ccc(-c2nc(-c3ccccc3)nc(C3(c4ccccc4)c4ccccc4-c4ccc(-c5cccc6c5oc5ccccc56)cc43)n2)cc1. The molecule has 0 aliphatic heterocycles. The maximum Gasteiger partial charge on any atom is 0.164 e. The van der Waals surface area contributed by atoms with Crippen LogP contribution in [0.15, 0.2) is 526 Å². The van der Waals surface area contributed by atoms with E-state index in [1.54, 1.807) is 11.3 Å². The predicted molar refractivity (Wildman–Crippen MR) is 614 cm³/mol. The standard InChI is InChI=1S/C46H29N3O.C45H29N5.C45H28N4S/c1-4-15-30(16-5-1)43-47-44(31-17-6-2-7-18-31)49-45(48-43)46(33-19-8-3-9-20-33)39-25-12-10-21-35(39)36-28-27-32(29-40(36)46)34-23-14-24-38-37-22-11-13-26-41(37)50-42(34)38;1-4-15-30(16-5-1)43-46-44(31-17-6-2-7-18-31)48-45(47-43)32-19-14-22-34(29-32)50-40-26-13-11-24-36(40)38-28-27-37-35-23-10-12-25-39(35)49(41(37)42(38)50)33-20-8-3-9-21-33;1-3-12-29(13-4-1)31-16-11-17-34(26-31)49-39-20-9-7-18-35(39)38-27-32(23-25-40(38)49)44-46-43(30-14-5-2-6-15-30)47-45(48-44)33-22-24-37-36-19-8-10-21-41(36)50-42(37)28-33/h2*1-29H;1-28H. The average Bonchev–Trinajstić information content (AvgIpc) is 1.54. The molecule has 8 aromatic heterocycles. The van der Waals surface area contributed by atoms with Crippen LogP contribution in [0.3, 0.4) is 0 Å². The van der Waals surface area contributed by atoms with Crippen LogP contribution in [0.1, 0.15) is 22.5 Å². The number of hydrogen-bond acceptors (Lipinski definition) is 11. The summed E-state index contributed by atoms with van der Waals surface area (Å²) in [6, 6.07) is 182. The minimum atomic E-state index is -0.832. The summed E-state index contributed by atoms with van der Waals surface area (Å²) in [6.07, 6.45) is 0. The van der Waals surface area contributed by atoms with Crippen LogP contribution in [0.2, 0.25) is 0 Å². The van der Waals surface area contributed by atoms with Crippen LogP contribution in [-0.2, 0) is 5.41 Å². The van der Waals surface area contributed by atoms with Gasteiger partial charge in [-0.2, -0.15) is 0 Å². The normalized spacial score (nSPS) is 12.7. The second kappa shape index (κ2) is 37.0. The van der Waals surface area contributed by atoms with Crippen LogP contribution < -0.4 is 0 Å². The van der Waals surface area contributed by atoms with Gasteiger partial charge in [-0.1, -0.05) is 425 Å². The van der Waals surface area contributed by atoms with Gasteiger partial charge < -0.3 is 18.1 Å². The first-order chi connectivity index (χ1) is 74.4. The van der Waals surface area contributed by atoms with Crippen molar-refractivity contribution in [3.05, 3.63) is 544 Å². The van der Waals surface area contributed by atoms with E-state index in [9.17, 15) is 0 Å². The number of hydrogen-bond donors (Lipinski definition) is 0. The second-order valence-corrected chi connectivity index (χ2v) is 38.8. The summed E-state index contributed by atoms with van der Waals surface area (Å²) in [6.45, 7) is 0.